The number of nitrogens with zero attached hydrogens (tertiary/aromatic N) is 1. The molecule has 1 aromatic rings. The van der Waals surface area contributed by atoms with Crippen LogP contribution in [0.3, 0.4) is 0 Å². The van der Waals surface area contributed by atoms with Crippen LogP contribution < -0.4 is 15.8 Å². The van der Waals surface area contributed by atoms with Crippen molar-refractivity contribution in [1.82, 2.24) is 4.98 Å². The highest BCUT2D eigenvalue weighted by molar-refractivity contribution is 7.98. The Balaban J connectivity index is 2.64. The topological polar surface area (TPSA) is 60.2 Å². The third-order valence-corrected chi connectivity index (χ3v) is 2.89. The molecular weight excluding hydrogens is 222 g/mol. The summed E-state index contributed by atoms with van der Waals surface area (Å²) in [7, 11) is 1.60. The molecule has 1 aromatic heterocycles. The zero-order valence-corrected chi connectivity index (χ0v) is 10.8. The third-order valence-electron chi connectivity index (χ3n) is 2.25. The molecule has 0 saturated heterocycles. The lowest BCUT2D eigenvalue weighted by atomic mass is 10.2. The lowest BCUT2D eigenvalue weighted by Gasteiger charge is -2.15. The van der Waals surface area contributed by atoms with Crippen molar-refractivity contribution in [2.24, 2.45) is 0 Å². The smallest absolute Gasteiger partial charge is 0.215 e. The van der Waals surface area contributed by atoms with Gasteiger partial charge in [0.25, 0.3) is 0 Å². The summed E-state index contributed by atoms with van der Waals surface area (Å²) >= 11 is 1.84. The van der Waals surface area contributed by atoms with Crippen molar-refractivity contribution in [3.05, 3.63) is 12.1 Å². The lowest BCUT2D eigenvalue weighted by molar-refractivity contribution is 0.398. The summed E-state index contributed by atoms with van der Waals surface area (Å²) in [6.07, 6.45) is 3.18. The number of hydrogen-bond donors (Lipinski definition) is 2. The van der Waals surface area contributed by atoms with Crippen LogP contribution in [-0.2, 0) is 0 Å². The molecular formula is C11H19N3OS. The summed E-state index contributed by atoms with van der Waals surface area (Å²) in [5.74, 6) is 2.40. The molecule has 4 nitrogen and oxygen atoms in total. The monoisotopic (exact) mass is 241 g/mol. The van der Waals surface area contributed by atoms with Gasteiger partial charge in [0.05, 0.1) is 12.8 Å². The summed E-state index contributed by atoms with van der Waals surface area (Å²) in [6.45, 7) is 2.12. The summed E-state index contributed by atoms with van der Waals surface area (Å²) in [4.78, 5) is 4.27. The largest absolute Gasteiger partial charge is 0.481 e. The number of nitrogens with two attached hydrogens (primary N) is 1. The molecule has 5 heteroatoms. The highest BCUT2D eigenvalue weighted by atomic mass is 32.2. The molecule has 1 rings (SSSR count). The summed E-state index contributed by atoms with van der Waals surface area (Å²) in [6, 6.07) is 3.91. The average Bonchev–Trinajstić information content (AvgIpc) is 2.29. The van der Waals surface area contributed by atoms with Crippen LogP contribution in [0.5, 0.6) is 5.88 Å². The fourth-order valence-electron chi connectivity index (χ4n) is 1.28. The standard InChI is InChI=1S/C11H19N3OS/c1-8(6-7-16-3)13-11-9(12)4-5-10(14-11)15-2/h4-5,8H,6-7,12H2,1-3H3,(H,13,14). The number of ether oxygens (including phenoxy) is 1. The number of pyridine rings is 1. The predicted molar refractivity (Wildman–Crippen MR) is 71.3 cm³/mol. The number of nitrogens with one attached hydrogen (secondary N) is 1. The summed E-state index contributed by atoms with van der Waals surface area (Å²) < 4.78 is 5.06. The first-order valence-electron chi connectivity index (χ1n) is 5.23. The van der Waals surface area contributed by atoms with Gasteiger partial charge in [-0.2, -0.15) is 16.7 Å². The maximum atomic E-state index is 5.84. The zero-order chi connectivity index (χ0) is 12.0. The first-order valence-corrected chi connectivity index (χ1v) is 6.62. The Hall–Kier alpha value is -1.10. The second-order valence-electron chi connectivity index (χ2n) is 3.62. The Bertz CT molecular complexity index is 333. The Morgan fingerprint density at radius 3 is 2.94 bits per heavy atom. The number of aromatic nitrogens is 1. The molecule has 1 heterocycles. The van der Waals surface area contributed by atoms with Gasteiger partial charge in [-0.15, -0.1) is 0 Å². The number of hydrogen-bond acceptors (Lipinski definition) is 5. The Kier molecular flexibility index (Phi) is 5.25. The van der Waals surface area contributed by atoms with Crippen molar-refractivity contribution < 1.29 is 4.74 Å². The van der Waals surface area contributed by atoms with E-state index in [1.54, 1.807) is 19.2 Å². The molecule has 0 aromatic carbocycles. The first kappa shape index (κ1) is 13.0. The van der Waals surface area contributed by atoms with Gasteiger partial charge in [0.2, 0.25) is 5.88 Å². The van der Waals surface area contributed by atoms with Gasteiger partial charge in [0.15, 0.2) is 5.82 Å². The fourth-order valence-corrected chi connectivity index (χ4v) is 1.87. The van der Waals surface area contributed by atoms with Crippen molar-refractivity contribution in [2.45, 2.75) is 19.4 Å². The van der Waals surface area contributed by atoms with E-state index < -0.39 is 0 Å². The van der Waals surface area contributed by atoms with E-state index in [2.05, 4.69) is 23.5 Å². The minimum absolute atomic E-state index is 0.356. The van der Waals surface area contributed by atoms with Gasteiger partial charge in [-0.3, -0.25) is 0 Å². The second kappa shape index (κ2) is 6.48. The molecule has 0 radical (unpaired) electrons. The van der Waals surface area contributed by atoms with E-state index in [4.69, 9.17) is 10.5 Å². The van der Waals surface area contributed by atoms with E-state index in [1.165, 1.54) is 0 Å². The Labute approximate surface area is 101 Å². The Morgan fingerprint density at radius 1 is 1.56 bits per heavy atom. The fraction of sp³-hybridized carbons (Fsp3) is 0.545. The van der Waals surface area contributed by atoms with E-state index in [9.17, 15) is 0 Å². The molecule has 0 spiro atoms. The van der Waals surface area contributed by atoms with Crippen LogP contribution in [0.2, 0.25) is 0 Å². The minimum Gasteiger partial charge on any atom is -0.481 e. The van der Waals surface area contributed by atoms with E-state index in [-0.39, 0.29) is 0 Å². The molecule has 1 atom stereocenters. The van der Waals surface area contributed by atoms with Gasteiger partial charge < -0.3 is 15.8 Å². The second-order valence-corrected chi connectivity index (χ2v) is 4.60. The molecule has 0 fully saturated rings. The van der Waals surface area contributed by atoms with Crippen LogP contribution in [0.15, 0.2) is 12.1 Å². The van der Waals surface area contributed by atoms with Gasteiger partial charge in [-0.25, -0.2) is 0 Å². The summed E-state index contributed by atoms with van der Waals surface area (Å²) in [5, 5.41) is 3.29. The zero-order valence-electron chi connectivity index (χ0n) is 9.99. The molecule has 0 saturated carbocycles. The molecule has 3 N–H and O–H groups in total. The predicted octanol–water partition coefficient (Wildman–Crippen LogP) is 2.23. The SMILES string of the molecule is COc1ccc(N)c(NC(C)CCSC)n1. The number of thioether (sulfide) groups is 1. The van der Waals surface area contributed by atoms with Gasteiger partial charge >= 0.3 is 0 Å². The van der Waals surface area contributed by atoms with Crippen LogP contribution in [0.1, 0.15) is 13.3 Å². The van der Waals surface area contributed by atoms with E-state index in [0.717, 1.165) is 12.2 Å². The Morgan fingerprint density at radius 2 is 2.31 bits per heavy atom. The van der Waals surface area contributed by atoms with Crippen molar-refractivity contribution in [3.63, 3.8) is 0 Å². The third kappa shape index (κ3) is 3.81. The molecule has 0 aliphatic rings. The van der Waals surface area contributed by atoms with E-state index in [0.29, 0.717) is 23.4 Å². The molecule has 16 heavy (non-hydrogen) atoms. The number of methoxy groups -OCH3 is 1. The van der Waals surface area contributed by atoms with E-state index in [1.807, 2.05) is 11.8 Å². The quantitative estimate of drug-likeness (QED) is 0.799. The van der Waals surface area contributed by atoms with Crippen LogP contribution >= 0.6 is 11.8 Å². The number of nitrogen functional groups attached to an aromatic ring is 1. The van der Waals surface area contributed by atoms with Crippen molar-refractivity contribution >= 4 is 23.3 Å². The molecule has 0 bridgehead atoms. The van der Waals surface area contributed by atoms with E-state index >= 15 is 0 Å². The van der Waals surface area contributed by atoms with Crippen LogP contribution in [-0.4, -0.2) is 30.1 Å². The number of anilines is 2. The van der Waals surface area contributed by atoms with Gasteiger partial charge in [-0.1, -0.05) is 0 Å². The highest BCUT2D eigenvalue weighted by Gasteiger charge is 2.07. The molecule has 0 amide bonds. The van der Waals surface area contributed by atoms with Crippen LogP contribution in [0.4, 0.5) is 11.5 Å². The maximum Gasteiger partial charge on any atom is 0.215 e. The average molecular weight is 241 g/mol. The van der Waals surface area contributed by atoms with Crippen LogP contribution in [0, 0.1) is 0 Å². The maximum absolute atomic E-state index is 5.84. The van der Waals surface area contributed by atoms with Gasteiger partial charge in [-0.05, 0) is 31.4 Å². The molecule has 0 aliphatic carbocycles. The lowest BCUT2D eigenvalue weighted by Crippen LogP contribution is -2.18. The van der Waals surface area contributed by atoms with Crippen molar-refractivity contribution in [3.8, 4) is 5.88 Å². The normalized spacial score (nSPS) is 12.2. The minimum atomic E-state index is 0.356. The van der Waals surface area contributed by atoms with Gasteiger partial charge in [0.1, 0.15) is 0 Å². The van der Waals surface area contributed by atoms with Crippen molar-refractivity contribution in [1.29, 1.82) is 0 Å². The molecule has 0 aliphatic heterocycles. The first-order chi connectivity index (χ1) is 7.67. The van der Waals surface area contributed by atoms with Gasteiger partial charge in [0, 0.05) is 12.1 Å². The highest BCUT2D eigenvalue weighted by Crippen LogP contribution is 2.20. The summed E-state index contributed by atoms with van der Waals surface area (Å²) in [5.41, 5.74) is 6.49. The van der Waals surface area contributed by atoms with Crippen molar-refractivity contribution in [2.75, 3.05) is 30.2 Å². The number of rotatable bonds is 6. The molecule has 90 valence electrons. The molecule has 1 unspecified atom stereocenters. The van der Waals surface area contributed by atoms with Crippen LogP contribution in [0.25, 0.3) is 0 Å².